The van der Waals surface area contributed by atoms with Crippen molar-refractivity contribution >= 4 is 11.9 Å². The number of rotatable bonds is 3. The summed E-state index contributed by atoms with van der Waals surface area (Å²) in [5, 5.41) is 2.46. The topological polar surface area (TPSA) is 55.4 Å². The summed E-state index contributed by atoms with van der Waals surface area (Å²) in [5.74, 6) is -0.680. The zero-order chi connectivity index (χ0) is 11.3. The molecule has 0 saturated heterocycles. The van der Waals surface area contributed by atoms with Crippen molar-refractivity contribution in [1.82, 2.24) is 5.32 Å². The molecule has 1 aromatic rings. The molecule has 1 atom stereocenters. The van der Waals surface area contributed by atoms with Gasteiger partial charge in [-0.2, -0.15) is 0 Å². The van der Waals surface area contributed by atoms with Gasteiger partial charge in [0.15, 0.2) is 6.23 Å². The highest BCUT2D eigenvalue weighted by molar-refractivity contribution is 5.89. The number of nitrogens with one attached hydrogen (secondary N) is 1. The van der Waals surface area contributed by atoms with Crippen molar-refractivity contribution < 1.29 is 14.3 Å². The van der Waals surface area contributed by atoms with Crippen LogP contribution in [0.15, 0.2) is 30.3 Å². The van der Waals surface area contributed by atoms with E-state index in [4.69, 9.17) is 4.74 Å². The van der Waals surface area contributed by atoms with E-state index in [1.807, 2.05) is 6.07 Å². The molecule has 0 aliphatic heterocycles. The van der Waals surface area contributed by atoms with Gasteiger partial charge in [-0.25, -0.2) is 4.79 Å². The second-order valence-corrected chi connectivity index (χ2v) is 3.11. The molecule has 1 aromatic carbocycles. The zero-order valence-electron chi connectivity index (χ0n) is 8.69. The predicted molar refractivity (Wildman–Crippen MR) is 55.1 cm³/mol. The average Bonchev–Trinajstić information content (AvgIpc) is 2.17. The monoisotopic (exact) mass is 207 g/mol. The first-order chi connectivity index (χ1) is 7.09. The third-order valence-corrected chi connectivity index (χ3v) is 1.70. The average molecular weight is 207 g/mol. The Morgan fingerprint density at radius 2 is 1.87 bits per heavy atom. The minimum Gasteiger partial charge on any atom is -0.438 e. The van der Waals surface area contributed by atoms with E-state index in [9.17, 15) is 9.59 Å². The van der Waals surface area contributed by atoms with Crippen LogP contribution in [0.25, 0.3) is 0 Å². The van der Waals surface area contributed by atoms with E-state index in [-0.39, 0.29) is 5.91 Å². The molecule has 0 aliphatic carbocycles. The molecule has 1 rings (SSSR count). The number of hydrogen-bond donors (Lipinski definition) is 1. The van der Waals surface area contributed by atoms with Crippen molar-refractivity contribution in [3.63, 3.8) is 0 Å². The third-order valence-electron chi connectivity index (χ3n) is 1.70. The van der Waals surface area contributed by atoms with Crippen molar-refractivity contribution in [2.75, 3.05) is 0 Å². The summed E-state index contributed by atoms with van der Waals surface area (Å²) >= 11 is 0. The van der Waals surface area contributed by atoms with Gasteiger partial charge in [-0.1, -0.05) is 18.2 Å². The number of amides is 1. The quantitative estimate of drug-likeness (QED) is 0.600. The van der Waals surface area contributed by atoms with Gasteiger partial charge in [-0.3, -0.25) is 4.79 Å². The van der Waals surface area contributed by atoms with Crippen LogP contribution in [0.1, 0.15) is 24.2 Å². The number of carbonyl (C=O) groups excluding carboxylic acids is 2. The van der Waals surface area contributed by atoms with E-state index >= 15 is 0 Å². The maximum atomic E-state index is 11.5. The number of ether oxygens (including phenoxy) is 1. The fraction of sp³-hybridized carbons (Fsp3) is 0.273. The summed E-state index contributed by atoms with van der Waals surface area (Å²) in [6.07, 6.45) is -0.616. The minimum atomic E-state index is -0.616. The van der Waals surface area contributed by atoms with Crippen LogP contribution in [0, 0.1) is 0 Å². The zero-order valence-corrected chi connectivity index (χ0v) is 8.69. The van der Waals surface area contributed by atoms with Gasteiger partial charge < -0.3 is 10.1 Å². The van der Waals surface area contributed by atoms with Crippen LogP contribution in [-0.2, 0) is 9.53 Å². The van der Waals surface area contributed by atoms with Gasteiger partial charge in [0.25, 0.3) is 0 Å². The summed E-state index contributed by atoms with van der Waals surface area (Å²) < 4.78 is 4.98. The lowest BCUT2D eigenvalue weighted by Crippen LogP contribution is -2.34. The summed E-state index contributed by atoms with van der Waals surface area (Å²) in [6.45, 7) is 2.97. The van der Waals surface area contributed by atoms with Crippen molar-refractivity contribution in [2.24, 2.45) is 0 Å². The van der Waals surface area contributed by atoms with Gasteiger partial charge in [0.1, 0.15) is 0 Å². The van der Waals surface area contributed by atoms with Gasteiger partial charge >= 0.3 is 5.97 Å². The lowest BCUT2D eigenvalue weighted by atomic mass is 10.2. The molecular formula is C11H13NO3. The Morgan fingerprint density at radius 1 is 1.27 bits per heavy atom. The van der Waals surface area contributed by atoms with Crippen LogP contribution < -0.4 is 5.32 Å². The largest absolute Gasteiger partial charge is 0.438 e. The second kappa shape index (κ2) is 5.14. The molecule has 0 aromatic heterocycles. The van der Waals surface area contributed by atoms with Crippen molar-refractivity contribution in [3.8, 4) is 0 Å². The van der Waals surface area contributed by atoms with Crippen LogP contribution in [0.5, 0.6) is 0 Å². The molecule has 0 radical (unpaired) electrons. The van der Waals surface area contributed by atoms with E-state index in [1.54, 1.807) is 31.2 Å². The molecular weight excluding hydrogens is 194 g/mol. The minimum absolute atomic E-state index is 0.233. The fourth-order valence-corrected chi connectivity index (χ4v) is 1.12. The molecule has 1 amide bonds. The molecule has 0 saturated carbocycles. The molecule has 1 unspecified atom stereocenters. The van der Waals surface area contributed by atoms with E-state index in [2.05, 4.69) is 5.32 Å². The Kier molecular flexibility index (Phi) is 3.85. The van der Waals surface area contributed by atoms with Gasteiger partial charge in [0.05, 0.1) is 5.56 Å². The number of esters is 1. The standard InChI is InChI=1S/C11H13NO3/c1-8(13)12-9(2)15-11(14)10-6-4-3-5-7-10/h3-7,9H,1-2H3,(H,12,13). The first-order valence-corrected chi connectivity index (χ1v) is 4.62. The van der Waals surface area contributed by atoms with Gasteiger partial charge in [0.2, 0.25) is 5.91 Å². The van der Waals surface area contributed by atoms with Crippen LogP contribution in [-0.4, -0.2) is 18.1 Å². The summed E-state index contributed by atoms with van der Waals surface area (Å²) in [5.41, 5.74) is 0.467. The first-order valence-electron chi connectivity index (χ1n) is 4.62. The van der Waals surface area contributed by atoms with Gasteiger partial charge in [-0.15, -0.1) is 0 Å². The van der Waals surface area contributed by atoms with Crippen LogP contribution in [0.3, 0.4) is 0 Å². The molecule has 1 N–H and O–H groups in total. The molecule has 4 heteroatoms. The van der Waals surface area contributed by atoms with Crippen LogP contribution in [0.2, 0.25) is 0 Å². The Bertz CT molecular complexity index is 348. The van der Waals surface area contributed by atoms with E-state index < -0.39 is 12.2 Å². The van der Waals surface area contributed by atoms with Crippen LogP contribution in [0.4, 0.5) is 0 Å². The van der Waals surface area contributed by atoms with Crippen molar-refractivity contribution in [3.05, 3.63) is 35.9 Å². The molecule has 0 aliphatic rings. The number of hydrogen-bond acceptors (Lipinski definition) is 3. The predicted octanol–water partition coefficient (Wildman–Crippen LogP) is 1.33. The Labute approximate surface area is 88.2 Å². The molecule has 0 spiro atoms. The Morgan fingerprint density at radius 3 is 2.40 bits per heavy atom. The molecule has 80 valence electrons. The SMILES string of the molecule is CC(=O)NC(C)OC(=O)c1ccccc1. The fourth-order valence-electron chi connectivity index (χ4n) is 1.12. The van der Waals surface area contributed by atoms with Gasteiger partial charge in [0, 0.05) is 6.92 Å². The molecule has 4 nitrogen and oxygen atoms in total. The number of benzene rings is 1. The third kappa shape index (κ3) is 3.81. The number of carbonyl (C=O) groups is 2. The second-order valence-electron chi connectivity index (χ2n) is 3.11. The summed E-state index contributed by atoms with van der Waals surface area (Å²) in [4.78, 5) is 22.1. The summed E-state index contributed by atoms with van der Waals surface area (Å²) in [7, 11) is 0. The highest BCUT2D eigenvalue weighted by Crippen LogP contribution is 2.02. The van der Waals surface area contributed by atoms with Crippen molar-refractivity contribution in [1.29, 1.82) is 0 Å². The molecule has 0 heterocycles. The smallest absolute Gasteiger partial charge is 0.340 e. The van der Waals surface area contributed by atoms with E-state index in [0.29, 0.717) is 5.56 Å². The molecule has 0 fully saturated rings. The first kappa shape index (κ1) is 11.2. The van der Waals surface area contributed by atoms with E-state index in [1.165, 1.54) is 6.92 Å². The maximum absolute atomic E-state index is 11.5. The Hall–Kier alpha value is -1.84. The van der Waals surface area contributed by atoms with E-state index in [0.717, 1.165) is 0 Å². The maximum Gasteiger partial charge on any atom is 0.340 e. The van der Waals surface area contributed by atoms with Crippen LogP contribution >= 0.6 is 0 Å². The lowest BCUT2D eigenvalue weighted by Gasteiger charge is -2.13. The molecule has 0 bridgehead atoms. The van der Waals surface area contributed by atoms with Gasteiger partial charge in [-0.05, 0) is 19.1 Å². The molecule has 15 heavy (non-hydrogen) atoms. The van der Waals surface area contributed by atoms with Crippen molar-refractivity contribution in [2.45, 2.75) is 20.1 Å². The highest BCUT2D eigenvalue weighted by atomic mass is 16.6. The normalized spacial score (nSPS) is 11.6. The summed E-state index contributed by atoms with van der Waals surface area (Å²) in [6, 6.07) is 8.62. The highest BCUT2D eigenvalue weighted by Gasteiger charge is 2.11. The Balaban J connectivity index is 2.53. The lowest BCUT2D eigenvalue weighted by molar-refractivity contribution is -0.121.